The predicted molar refractivity (Wildman–Crippen MR) is 62.7 cm³/mol. The topological polar surface area (TPSA) is 42.4 Å². The molecule has 0 fully saturated rings. The van der Waals surface area contributed by atoms with Crippen molar-refractivity contribution in [2.45, 2.75) is 45.8 Å². The fourth-order valence-corrected chi connectivity index (χ4v) is 2.45. The summed E-state index contributed by atoms with van der Waals surface area (Å²) < 4.78 is 5.66. The van der Waals surface area contributed by atoms with Crippen LogP contribution in [0.15, 0.2) is 0 Å². The maximum absolute atomic E-state index is 9.88. The molecule has 0 aliphatic carbocycles. The van der Waals surface area contributed by atoms with Crippen LogP contribution in [0, 0.1) is 6.92 Å². The first-order valence-corrected chi connectivity index (χ1v) is 6.02. The van der Waals surface area contributed by atoms with Crippen molar-refractivity contribution >= 4 is 11.6 Å². The summed E-state index contributed by atoms with van der Waals surface area (Å²) in [6.07, 6.45) is 3.15. The molecule has 1 aromatic heterocycles. The Bertz CT molecular complexity index is 406. The Kier molecular flexibility index (Phi) is 3.36. The molecule has 16 heavy (non-hydrogen) atoms. The summed E-state index contributed by atoms with van der Waals surface area (Å²) in [6.45, 7) is 4.34. The summed E-state index contributed by atoms with van der Waals surface area (Å²) in [7, 11) is 0. The number of rotatable bonds is 3. The normalized spacial score (nSPS) is 18.8. The molecule has 1 N–H and O–H groups in total. The van der Waals surface area contributed by atoms with E-state index in [1.165, 1.54) is 0 Å². The summed E-state index contributed by atoms with van der Waals surface area (Å²) >= 11 is 6.12. The van der Waals surface area contributed by atoms with Crippen LogP contribution >= 0.6 is 11.6 Å². The zero-order valence-corrected chi connectivity index (χ0v) is 10.3. The highest BCUT2D eigenvalue weighted by Gasteiger charge is 2.29. The van der Waals surface area contributed by atoms with E-state index in [2.05, 4.69) is 11.9 Å². The molecule has 3 nitrogen and oxygen atoms in total. The first kappa shape index (κ1) is 11.7. The lowest BCUT2D eigenvalue weighted by Crippen LogP contribution is -1.99. The number of aromatic hydroxyl groups is 1. The number of hydrogen-bond acceptors (Lipinski definition) is 3. The first-order chi connectivity index (χ1) is 7.65. The minimum atomic E-state index is 0.00134. The quantitative estimate of drug-likeness (QED) is 0.824. The zero-order valence-electron chi connectivity index (χ0n) is 9.59. The number of pyridine rings is 1. The lowest BCUT2D eigenvalue weighted by molar-refractivity contribution is 0.0581. The number of aryl methyl sites for hydroxylation is 1. The van der Waals surface area contributed by atoms with Gasteiger partial charge in [0, 0.05) is 11.1 Å². The van der Waals surface area contributed by atoms with Gasteiger partial charge in [-0.05, 0) is 13.3 Å². The molecule has 0 bridgehead atoms. The van der Waals surface area contributed by atoms with Crippen molar-refractivity contribution in [3.63, 3.8) is 0 Å². The lowest BCUT2D eigenvalue weighted by Gasteiger charge is -2.12. The molecule has 2 heterocycles. The molecule has 2 rings (SSSR count). The van der Waals surface area contributed by atoms with Gasteiger partial charge in [-0.1, -0.05) is 31.4 Å². The van der Waals surface area contributed by atoms with E-state index in [1.54, 1.807) is 6.92 Å². The van der Waals surface area contributed by atoms with E-state index in [0.29, 0.717) is 17.5 Å². The molecule has 4 heteroatoms. The van der Waals surface area contributed by atoms with Crippen LogP contribution in [0.25, 0.3) is 0 Å². The van der Waals surface area contributed by atoms with Gasteiger partial charge >= 0.3 is 0 Å². The number of hydrogen-bond donors (Lipinski definition) is 1. The molecule has 1 aromatic rings. The highest BCUT2D eigenvalue weighted by Crippen LogP contribution is 2.42. The monoisotopic (exact) mass is 241 g/mol. The average molecular weight is 242 g/mol. The van der Waals surface area contributed by atoms with Gasteiger partial charge in [-0.15, -0.1) is 0 Å². The molecule has 1 unspecified atom stereocenters. The zero-order chi connectivity index (χ0) is 11.7. The van der Waals surface area contributed by atoms with Gasteiger partial charge in [-0.25, -0.2) is 4.98 Å². The van der Waals surface area contributed by atoms with Crippen molar-refractivity contribution in [2.75, 3.05) is 0 Å². The number of aromatic nitrogens is 1. The maximum atomic E-state index is 9.88. The second-order valence-electron chi connectivity index (χ2n) is 4.17. The Hall–Kier alpha value is -0.800. The molecule has 0 spiro atoms. The molecule has 0 amide bonds. The van der Waals surface area contributed by atoms with Crippen molar-refractivity contribution < 1.29 is 9.84 Å². The number of fused-ring (bicyclic) bond motifs is 1. The smallest absolute Gasteiger partial charge is 0.142 e. The summed E-state index contributed by atoms with van der Waals surface area (Å²) in [4.78, 5) is 4.14. The van der Waals surface area contributed by atoms with Crippen LogP contribution in [0.2, 0.25) is 5.15 Å². The molecule has 1 aliphatic rings. The van der Waals surface area contributed by atoms with E-state index in [4.69, 9.17) is 16.3 Å². The molecule has 0 saturated carbocycles. The fraction of sp³-hybridized carbons (Fsp3) is 0.583. The fourth-order valence-electron chi connectivity index (χ4n) is 2.09. The van der Waals surface area contributed by atoms with Crippen molar-refractivity contribution in [2.24, 2.45) is 0 Å². The van der Waals surface area contributed by atoms with Gasteiger partial charge in [0.25, 0.3) is 0 Å². The highest BCUT2D eigenvalue weighted by atomic mass is 35.5. The van der Waals surface area contributed by atoms with Crippen LogP contribution in [0.1, 0.15) is 49.1 Å². The minimum Gasteiger partial charge on any atom is -0.506 e. The number of halogens is 1. The van der Waals surface area contributed by atoms with E-state index in [-0.39, 0.29) is 11.9 Å². The van der Waals surface area contributed by atoms with Crippen LogP contribution in [0.5, 0.6) is 5.75 Å². The van der Waals surface area contributed by atoms with Crippen molar-refractivity contribution in [1.82, 2.24) is 4.98 Å². The van der Waals surface area contributed by atoms with Gasteiger partial charge < -0.3 is 9.84 Å². The van der Waals surface area contributed by atoms with E-state index >= 15 is 0 Å². The second-order valence-corrected chi connectivity index (χ2v) is 4.53. The minimum absolute atomic E-state index is 0.00134. The summed E-state index contributed by atoms with van der Waals surface area (Å²) in [5, 5.41) is 10.4. The number of unbranched alkanes of at least 4 members (excludes halogenated alkanes) is 1. The number of ether oxygens (including phenoxy) is 1. The second kappa shape index (κ2) is 4.60. The van der Waals surface area contributed by atoms with Crippen LogP contribution in [0.3, 0.4) is 0 Å². The molecule has 0 aromatic carbocycles. The van der Waals surface area contributed by atoms with E-state index in [1.807, 2.05) is 0 Å². The Labute approximate surface area is 100 Å². The lowest BCUT2D eigenvalue weighted by atomic mass is 10.0. The average Bonchev–Trinajstić information content (AvgIpc) is 2.67. The molecule has 1 aliphatic heterocycles. The summed E-state index contributed by atoms with van der Waals surface area (Å²) in [5.41, 5.74) is 2.28. The van der Waals surface area contributed by atoms with Gasteiger partial charge in [-0.2, -0.15) is 0 Å². The predicted octanol–water partition coefficient (Wildman–Crippen LogP) is 3.51. The molecule has 0 radical (unpaired) electrons. The molecular weight excluding hydrogens is 226 g/mol. The van der Waals surface area contributed by atoms with Gasteiger partial charge in [0.2, 0.25) is 0 Å². The Morgan fingerprint density at radius 3 is 3.00 bits per heavy atom. The third kappa shape index (κ3) is 1.89. The van der Waals surface area contributed by atoms with Crippen LogP contribution in [-0.4, -0.2) is 10.1 Å². The largest absolute Gasteiger partial charge is 0.506 e. The highest BCUT2D eigenvalue weighted by molar-refractivity contribution is 6.30. The third-order valence-corrected chi connectivity index (χ3v) is 3.30. The van der Waals surface area contributed by atoms with Gasteiger partial charge in [-0.3, -0.25) is 0 Å². The Morgan fingerprint density at radius 2 is 2.31 bits per heavy atom. The van der Waals surface area contributed by atoms with Gasteiger partial charge in [0.1, 0.15) is 10.9 Å². The molecule has 0 saturated heterocycles. The van der Waals surface area contributed by atoms with Crippen molar-refractivity contribution in [3.8, 4) is 5.75 Å². The van der Waals surface area contributed by atoms with Crippen LogP contribution in [-0.2, 0) is 11.3 Å². The molecular formula is C12H16ClNO2. The SMILES string of the molecule is CCCCC1OCc2c(O)c(C)nc(Cl)c21. The Balaban J connectivity index is 2.35. The Morgan fingerprint density at radius 1 is 1.56 bits per heavy atom. The van der Waals surface area contributed by atoms with E-state index in [0.717, 1.165) is 30.4 Å². The maximum Gasteiger partial charge on any atom is 0.142 e. The van der Waals surface area contributed by atoms with Gasteiger partial charge in [0.15, 0.2) is 0 Å². The van der Waals surface area contributed by atoms with Gasteiger partial charge in [0.05, 0.1) is 18.4 Å². The standard InChI is InChI=1S/C12H16ClNO2/c1-3-4-5-9-10-8(6-16-9)11(15)7(2)14-12(10)13/h9,15H,3-6H2,1-2H3. The van der Waals surface area contributed by atoms with Crippen LogP contribution < -0.4 is 0 Å². The number of nitrogens with zero attached hydrogens (tertiary/aromatic N) is 1. The van der Waals surface area contributed by atoms with E-state index < -0.39 is 0 Å². The van der Waals surface area contributed by atoms with Crippen molar-refractivity contribution in [3.05, 3.63) is 22.0 Å². The van der Waals surface area contributed by atoms with E-state index in [9.17, 15) is 5.11 Å². The third-order valence-electron chi connectivity index (χ3n) is 3.01. The first-order valence-electron chi connectivity index (χ1n) is 5.64. The van der Waals surface area contributed by atoms with Crippen molar-refractivity contribution in [1.29, 1.82) is 0 Å². The van der Waals surface area contributed by atoms with Crippen LogP contribution in [0.4, 0.5) is 0 Å². The molecule has 1 atom stereocenters. The molecule has 88 valence electrons. The summed E-state index contributed by atoms with van der Waals surface area (Å²) in [5.74, 6) is 0.235. The summed E-state index contributed by atoms with van der Waals surface area (Å²) in [6, 6.07) is 0.